The molecule has 102 valence electrons. The summed E-state index contributed by atoms with van der Waals surface area (Å²) in [5, 5.41) is 0.502. The van der Waals surface area contributed by atoms with Gasteiger partial charge in [0, 0.05) is 5.02 Å². The van der Waals surface area contributed by atoms with E-state index < -0.39 is 5.97 Å². The van der Waals surface area contributed by atoms with Crippen molar-refractivity contribution in [2.45, 2.75) is 0 Å². The second kappa shape index (κ2) is 6.73. The molecule has 2 aromatic carbocycles. The molecule has 0 bridgehead atoms. The van der Waals surface area contributed by atoms with E-state index in [0.29, 0.717) is 16.5 Å². The van der Waals surface area contributed by atoms with Crippen LogP contribution in [0.1, 0.15) is 0 Å². The third-order valence-corrected chi connectivity index (χ3v) is 2.64. The van der Waals surface area contributed by atoms with Gasteiger partial charge in [-0.1, -0.05) is 17.7 Å². The zero-order valence-electron chi connectivity index (χ0n) is 10.7. The molecule has 0 unspecified atom stereocenters. The van der Waals surface area contributed by atoms with Crippen molar-refractivity contribution >= 4 is 29.5 Å². The van der Waals surface area contributed by atoms with Crippen molar-refractivity contribution in [2.24, 2.45) is 4.99 Å². The number of nitrogens with zero attached hydrogens (tertiary/aromatic N) is 1. The van der Waals surface area contributed by atoms with Gasteiger partial charge in [0.05, 0.1) is 12.8 Å². The van der Waals surface area contributed by atoms with Gasteiger partial charge in [-0.15, -0.1) is 0 Å². The Morgan fingerprint density at radius 3 is 2.55 bits per heavy atom. The van der Waals surface area contributed by atoms with Gasteiger partial charge in [0.25, 0.3) is 0 Å². The van der Waals surface area contributed by atoms with Crippen LogP contribution in [0.25, 0.3) is 0 Å². The molecule has 0 fully saturated rings. The fourth-order valence-corrected chi connectivity index (χ4v) is 1.65. The third-order valence-electron chi connectivity index (χ3n) is 2.41. The van der Waals surface area contributed by atoms with Crippen LogP contribution in [-0.4, -0.2) is 19.3 Å². The van der Waals surface area contributed by atoms with Crippen LogP contribution in [0.4, 0.5) is 5.69 Å². The van der Waals surface area contributed by atoms with Crippen LogP contribution in [0.2, 0.25) is 5.02 Å². The van der Waals surface area contributed by atoms with Gasteiger partial charge in [0.15, 0.2) is 0 Å². The first-order valence-electron chi connectivity index (χ1n) is 5.83. The van der Waals surface area contributed by atoms with Crippen LogP contribution in [0.5, 0.6) is 11.5 Å². The van der Waals surface area contributed by atoms with E-state index in [1.807, 2.05) is 0 Å². The molecule has 0 atom stereocenters. The smallest absolute Gasteiger partial charge is 0.354 e. The highest BCUT2D eigenvalue weighted by Crippen LogP contribution is 2.18. The molecule has 4 nitrogen and oxygen atoms in total. The maximum absolute atomic E-state index is 11.6. The van der Waals surface area contributed by atoms with Crippen LogP contribution in [0.15, 0.2) is 53.5 Å². The molecule has 0 spiro atoms. The maximum atomic E-state index is 11.6. The van der Waals surface area contributed by atoms with Crippen molar-refractivity contribution < 1.29 is 14.3 Å². The van der Waals surface area contributed by atoms with Gasteiger partial charge < -0.3 is 9.47 Å². The van der Waals surface area contributed by atoms with Gasteiger partial charge in [0.2, 0.25) is 0 Å². The van der Waals surface area contributed by atoms with Gasteiger partial charge in [0.1, 0.15) is 17.7 Å². The van der Waals surface area contributed by atoms with Crippen molar-refractivity contribution in [3.8, 4) is 11.5 Å². The van der Waals surface area contributed by atoms with Gasteiger partial charge in [-0.25, -0.2) is 9.79 Å². The van der Waals surface area contributed by atoms with Crippen LogP contribution in [0, 0.1) is 0 Å². The molecule has 0 aliphatic heterocycles. The number of rotatable bonds is 4. The monoisotopic (exact) mass is 289 g/mol. The van der Waals surface area contributed by atoms with E-state index in [1.54, 1.807) is 55.6 Å². The Balaban J connectivity index is 1.98. The summed E-state index contributed by atoms with van der Waals surface area (Å²) < 4.78 is 10.1. The number of ether oxygens (including phenoxy) is 2. The number of aliphatic imine (C=N–C) groups is 1. The standard InChI is InChI=1S/C15H12ClNO3/c1-19-13-7-5-12(6-8-13)17-10-15(18)20-14-4-2-3-11(16)9-14/h2-10H,1H3. The quantitative estimate of drug-likeness (QED) is 0.490. The molecule has 0 aliphatic carbocycles. The van der Waals surface area contributed by atoms with Gasteiger partial charge in [-0.3, -0.25) is 0 Å². The molecular weight excluding hydrogens is 278 g/mol. The summed E-state index contributed by atoms with van der Waals surface area (Å²) in [4.78, 5) is 15.6. The average Bonchev–Trinajstić information content (AvgIpc) is 2.46. The highest BCUT2D eigenvalue weighted by atomic mass is 35.5. The Kier molecular flexibility index (Phi) is 4.74. The first-order chi connectivity index (χ1) is 9.67. The highest BCUT2D eigenvalue weighted by molar-refractivity contribution is 6.30. The molecule has 2 aromatic rings. The van der Waals surface area contributed by atoms with Crippen molar-refractivity contribution in [1.82, 2.24) is 0 Å². The van der Waals surface area contributed by atoms with Crippen molar-refractivity contribution in [3.05, 3.63) is 53.6 Å². The summed E-state index contributed by atoms with van der Waals surface area (Å²) in [6.07, 6.45) is 1.11. The third kappa shape index (κ3) is 4.10. The Morgan fingerprint density at radius 2 is 1.90 bits per heavy atom. The Hall–Kier alpha value is -2.33. The molecule has 0 radical (unpaired) electrons. The lowest BCUT2D eigenvalue weighted by molar-refractivity contribution is -0.126. The fourth-order valence-electron chi connectivity index (χ4n) is 1.47. The zero-order chi connectivity index (χ0) is 14.4. The van der Waals surface area contributed by atoms with Crippen LogP contribution >= 0.6 is 11.6 Å². The fraction of sp³-hybridized carbons (Fsp3) is 0.0667. The minimum absolute atomic E-state index is 0.378. The summed E-state index contributed by atoms with van der Waals surface area (Å²) in [7, 11) is 1.58. The molecule has 0 saturated carbocycles. The topological polar surface area (TPSA) is 47.9 Å². The zero-order valence-corrected chi connectivity index (χ0v) is 11.5. The minimum Gasteiger partial charge on any atom is -0.497 e. The lowest BCUT2D eigenvalue weighted by Crippen LogP contribution is -2.08. The molecule has 0 amide bonds. The Morgan fingerprint density at radius 1 is 1.15 bits per heavy atom. The lowest BCUT2D eigenvalue weighted by Gasteiger charge is -2.01. The average molecular weight is 290 g/mol. The summed E-state index contributed by atoms with van der Waals surface area (Å²) in [6, 6.07) is 13.6. The van der Waals surface area contributed by atoms with E-state index in [4.69, 9.17) is 21.1 Å². The number of carbonyl (C=O) groups is 1. The van der Waals surface area contributed by atoms with Crippen LogP contribution in [-0.2, 0) is 4.79 Å². The molecule has 0 aliphatic rings. The number of hydrogen-bond acceptors (Lipinski definition) is 4. The molecule has 20 heavy (non-hydrogen) atoms. The molecule has 0 aromatic heterocycles. The van der Waals surface area contributed by atoms with E-state index in [0.717, 1.165) is 12.0 Å². The summed E-state index contributed by atoms with van der Waals surface area (Å²) in [5.41, 5.74) is 0.633. The number of hydrogen-bond donors (Lipinski definition) is 0. The van der Waals surface area contributed by atoms with E-state index >= 15 is 0 Å². The van der Waals surface area contributed by atoms with E-state index in [9.17, 15) is 4.79 Å². The maximum Gasteiger partial charge on any atom is 0.354 e. The molecule has 0 N–H and O–H groups in total. The molecule has 0 saturated heterocycles. The summed E-state index contributed by atoms with van der Waals surface area (Å²) >= 11 is 5.79. The van der Waals surface area contributed by atoms with E-state index in [2.05, 4.69) is 4.99 Å². The first kappa shape index (κ1) is 14.1. The second-order valence-corrected chi connectivity index (χ2v) is 4.27. The predicted octanol–water partition coefficient (Wildman–Crippen LogP) is 3.66. The molecule has 5 heteroatoms. The number of benzene rings is 2. The van der Waals surface area contributed by atoms with Gasteiger partial charge in [-0.05, 0) is 42.5 Å². The minimum atomic E-state index is -0.567. The normalized spacial score (nSPS) is 10.5. The number of methoxy groups -OCH3 is 1. The summed E-state index contributed by atoms with van der Waals surface area (Å²) in [6.45, 7) is 0. The second-order valence-electron chi connectivity index (χ2n) is 3.83. The summed E-state index contributed by atoms with van der Waals surface area (Å²) in [5.74, 6) is 0.539. The van der Waals surface area contributed by atoms with Crippen molar-refractivity contribution in [3.63, 3.8) is 0 Å². The number of esters is 1. The van der Waals surface area contributed by atoms with Crippen LogP contribution in [0.3, 0.4) is 0 Å². The first-order valence-corrected chi connectivity index (χ1v) is 6.20. The van der Waals surface area contributed by atoms with Gasteiger partial charge in [-0.2, -0.15) is 0 Å². The van der Waals surface area contributed by atoms with Gasteiger partial charge >= 0.3 is 5.97 Å². The number of halogens is 1. The Bertz CT molecular complexity index is 623. The van der Waals surface area contributed by atoms with Crippen LogP contribution < -0.4 is 9.47 Å². The highest BCUT2D eigenvalue weighted by Gasteiger charge is 2.01. The molecular formula is C15H12ClNO3. The SMILES string of the molecule is COc1ccc(N=CC(=O)Oc2cccc(Cl)c2)cc1. The number of carbonyl (C=O) groups excluding carboxylic acids is 1. The molecule has 0 heterocycles. The Labute approximate surface area is 121 Å². The van der Waals surface area contributed by atoms with E-state index in [1.165, 1.54) is 0 Å². The molecule has 2 rings (SSSR count). The van der Waals surface area contributed by atoms with Crippen molar-refractivity contribution in [2.75, 3.05) is 7.11 Å². The van der Waals surface area contributed by atoms with Crippen molar-refractivity contribution in [1.29, 1.82) is 0 Å². The lowest BCUT2D eigenvalue weighted by atomic mass is 10.3. The largest absolute Gasteiger partial charge is 0.497 e. The van der Waals surface area contributed by atoms with E-state index in [-0.39, 0.29) is 0 Å². The predicted molar refractivity (Wildman–Crippen MR) is 78.2 cm³/mol.